The molecule has 0 aliphatic heterocycles. The van der Waals surface area contributed by atoms with E-state index < -0.39 is 18.0 Å². The molecular weight excluding hydrogens is 318 g/mol. The summed E-state index contributed by atoms with van der Waals surface area (Å²) in [6, 6.07) is 14.7. The third-order valence-electron chi connectivity index (χ3n) is 3.76. The van der Waals surface area contributed by atoms with Gasteiger partial charge < -0.3 is 15.4 Å². The summed E-state index contributed by atoms with van der Waals surface area (Å²) < 4.78 is 5.43. The highest BCUT2D eigenvalue weighted by molar-refractivity contribution is 5.97. The molecule has 0 heterocycles. The summed E-state index contributed by atoms with van der Waals surface area (Å²) in [5.74, 6) is 0.386. The van der Waals surface area contributed by atoms with Crippen LogP contribution < -0.4 is 20.7 Å². The largest absolute Gasteiger partial charge is 0.496 e. The Morgan fingerprint density at radius 1 is 1.12 bits per heavy atom. The van der Waals surface area contributed by atoms with Crippen LogP contribution >= 0.6 is 0 Å². The standard InChI is InChI=1S/C19H23N3O3/c1-13(18(23)22-19(24)20-2)21-16-9-10-17(25-3)15(12-16)11-14-7-5-4-6-8-14/h4-10,12-13,21H,11H2,1-3H3,(H2,20,22,23,24)/t13-/m0/s1. The van der Waals surface area contributed by atoms with Gasteiger partial charge >= 0.3 is 6.03 Å². The number of ether oxygens (including phenoxy) is 1. The molecule has 0 aromatic heterocycles. The minimum Gasteiger partial charge on any atom is -0.496 e. The number of methoxy groups -OCH3 is 1. The van der Waals surface area contributed by atoms with Gasteiger partial charge in [-0.25, -0.2) is 4.79 Å². The quantitative estimate of drug-likeness (QED) is 0.754. The zero-order chi connectivity index (χ0) is 18.2. The maximum Gasteiger partial charge on any atom is 0.321 e. The molecule has 0 unspecified atom stereocenters. The summed E-state index contributed by atoms with van der Waals surface area (Å²) in [4.78, 5) is 23.2. The zero-order valence-electron chi connectivity index (χ0n) is 14.6. The Balaban J connectivity index is 2.12. The van der Waals surface area contributed by atoms with Crippen LogP contribution in [0.4, 0.5) is 10.5 Å². The van der Waals surface area contributed by atoms with E-state index in [1.807, 2.05) is 36.4 Å². The van der Waals surface area contributed by atoms with E-state index >= 15 is 0 Å². The lowest BCUT2D eigenvalue weighted by Crippen LogP contribution is -2.44. The molecule has 0 saturated heterocycles. The van der Waals surface area contributed by atoms with E-state index in [9.17, 15) is 9.59 Å². The maximum absolute atomic E-state index is 12.0. The highest BCUT2D eigenvalue weighted by Crippen LogP contribution is 2.25. The van der Waals surface area contributed by atoms with Crippen molar-refractivity contribution < 1.29 is 14.3 Å². The number of hydrogen-bond acceptors (Lipinski definition) is 4. The van der Waals surface area contributed by atoms with E-state index in [1.54, 1.807) is 14.0 Å². The number of rotatable bonds is 6. The van der Waals surface area contributed by atoms with Crippen molar-refractivity contribution in [3.63, 3.8) is 0 Å². The Morgan fingerprint density at radius 3 is 2.48 bits per heavy atom. The second-order valence-corrected chi connectivity index (χ2v) is 5.62. The predicted molar refractivity (Wildman–Crippen MR) is 97.9 cm³/mol. The lowest BCUT2D eigenvalue weighted by atomic mass is 10.0. The monoisotopic (exact) mass is 341 g/mol. The summed E-state index contributed by atoms with van der Waals surface area (Å²) in [6.45, 7) is 1.69. The molecular formula is C19H23N3O3. The lowest BCUT2D eigenvalue weighted by Gasteiger charge is -2.17. The van der Waals surface area contributed by atoms with Gasteiger partial charge in [-0.3, -0.25) is 10.1 Å². The summed E-state index contributed by atoms with van der Waals surface area (Å²) >= 11 is 0. The smallest absolute Gasteiger partial charge is 0.321 e. The fourth-order valence-corrected chi connectivity index (χ4v) is 2.42. The van der Waals surface area contributed by atoms with Crippen LogP contribution in [0, 0.1) is 0 Å². The molecule has 0 spiro atoms. The third kappa shape index (κ3) is 5.24. The fraction of sp³-hybridized carbons (Fsp3) is 0.263. The first kappa shape index (κ1) is 18.3. The predicted octanol–water partition coefficient (Wildman–Crippen LogP) is 2.54. The fourth-order valence-electron chi connectivity index (χ4n) is 2.42. The number of anilines is 1. The van der Waals surface area contributed by atoms with E-state index in [1.165, 1.54) is 12.6 Å². The van der Waals surface area contributed by atoms with E-state index in [-0.39, 0.29) is 0 Å². The molecule has 0 bridgehead atoms. The van der Waals surface area contributed by atoms with Gasteiger partial charge in [-0.05, 0) is 30.7 Å². The SMILES string of the molecule is CNC(=O)NC(=O)[C@H](C)Nc1ccc(OC)c(Cc2ccccc2)c1. The molecule has 0 aliphatic rings. The molecule has 2 aromatic rings. The molecule has 6 heteroatoms. The van der Waals surface area contributed by atoms with Crippen molar-refractivity contribution in [3.05, 3.63) is 59.7 Å². The number of carbonyl (C=O) groups is 2. The second kappa shape index (κ2) is 8.73. The topological polar surface area (TPSA) is 79.5 Å². The van der Waals surface area contributed by atoms with Crippen molar-refractivity contribution in [1.82, 2.24) is 10.6 Å². The van der Waals surface area contributed by atoms with Crippen LogP contribution in [0.3, 0.4) is 0 Å². The van der Waals surface area contributed by atoms with Gasteiger partial charge in [-0.15, -0.1) is 0 Å². The van der Waals surface area contributed by atoms with E-state index in [4.69, 9.17) is 4.74 Å². The number of hydrogen-bond donors (Lipinski definition) is 3. The highest BCUT2D eigenvalue weighted by Gasteiger charge is 2.15. The summed E-state index contributed by atoms with van der Waals surface area (Å²) in [6.07, 6.45) is 0.721. The Kier molecular flexibility index (Phi) is 6.39. The van der Waals surface area contributed by atoms with E-state index in [2.05, 4.69) is 28.1 Å². The van der Waals surface area contributed by atoms with Crippen molar-refractivity contribution in [1.29, 1.82) is 0 Å². The first-order valence-electron chi connectivity index (χ1n) is 8.03. The minimum absolute atomic E-state index is 0.403. The van der Waals surface area contributed by atoms with Crippen LogP contribution in [-0.4, -0.2) is 32.1 Å². The van der Waals surface area contributed by atoms with Gasteiger partial charge in [-0.2, -0.15) is 0 Å². The summed E-state index contributed by atoms with van der Waals surface area (Å²) in [5.41, 5.74) is 2.97. The molecule has 3 amide bonds. The Bertz CT molecular complexity index is 732. The number of benzene rings is 2. The zero-order valence-corrected chi connectivity index (χ0v) is 14.6. The van der Waals surface area contributed by atoms with Crippen LogP contribution in [0.1, 0.15) is 18.1 Å². The van der Waals surface area contributed by atoms with E-state index in [0.717, 1.165) is 23.4 Å². The van der Waals surface area contributed by atoms with Gasteiger partial charge in [0.2, 0.25) is 5.91 Å². The third-order valence-corrected chi connectivity index (χ3v) is 3.76. The average molecular weight is 341 g/mol. The minimum atomic E-state index is -0.560. The molecule has 0 saturated carbocycles. The average Bonchev–Trinajstić information content (AvgIpc) is 2.62. The van der Waals surface area contributed by atoms with Gasteiger partial charge in [0.05, 0.1) is 7.11 Å². The van der Waals surface area contributed by atoms with Crippen molar-refractivity contribution >= 4 is 17.6 Å². The number of imide groups is 1. The Hall–Kier alpha value is -3.02. The molecule has 0 aliphatic carbocycles. The number of urea groups is 1. The Labute approximate surface area is 147 Å². The molecule has 25 heavy (non-hydrogen) atoms. The van der Waals surface area contributed by atoms with Crippen LogP contribution in [0.15, 0.2) is 48.5 Å². The molecule has 2 rings (SSSR count). The van der Waals surface area contributed by atoms with Gasteiger partial charge in [0.15, 0.2) is 0 Å². The molecule has 0 fully saturated rings. The van der Waals surface area contributed by atoms with Crippen molar-refractivity contribution in [2.24, 2.45) is 0 Å². The molecule has 6 nitrogen and oxygen atoms in total. The first-order chi connectivity index (χ1) is 12.0. The molecule has 1 atom stereocenters. The van der Waals surface area contributed by atoms with Crippen molar-refractivity contribution in [2.45, 2.75) is 19.4 Å². The Morgan fingerprint density at radius 2 is 1.84 bits per heavy atom. The van der Waals surface area contributed by atoms with Crippen LogP contribution in [0.25, 0.3) is 0 Å². The van der Waals surface area contributed by atoms with Gasteiger partial charge in [0.1, 0.15) is 11.8 Å². The van der Waals surface area contributed by atoms with Crippen molar-refractivity contribution in [2.75, 3.05) is 19.5 Å². The molecule has 3 N–H and O–H groups in total. The summed E-state index contributed by atoms with van der Waals surface area (Å²) in [5, 5.41) is 7.70. The van der Waals surface area contributed by atoms with Crippen LogP contribution in [-0.2, 0) is 11.2 Å². The summed E-state index contributed by atoms with van der Waals surface area (Å²) in [7, 11) is 3.09. The van der Waals surface area contributed by atoms with Gasteiger partial charge in [-0.1, -0.05) is 30.3 Å². The molecule has 132 valence electrons. The molecule has 2 aromatic carbocycles. The van der Waals surface area contributed by atoms with Crippen LogP contribution in [0.2, 0.25) is 0 Å². The first-order valence-corrected chi connectivity index (χ1v) is 8.03. The highest BCUT2D eigenvalue weighted by atomic mass is 16.5. The van der Waals surface area contributed by atoms with E-state index in [0.29, 0.717) is 0 Å². The van der Waals surface area contributed by atoms with Gasteiger partial charge in [0.25, 0.3) is 0 Å². The lowest BCUT2D eigenvalue weighted by molar-refractivity contribution is -0.120. The van der Waals surface area contributed by atoms with Gasteiger partial charge in [0, 0.05) is 24.7 Å². The molecule has 0 radical (unpaired) electrons. The normalized spacial score (nSPS) is 11.3. The number of carbonyl (C=O) groups excluding carboxylic acids is 2. The maximum atomic E-state index is 12.0. The van der Waals surface area contributed by atoms with Crippen LogP contribution in [0.5, 0.6) is 5.75 Å². The van der Waals surface area contributed by atoms with Crippen molar-refractivity contribution in [3.8, 4) is 5.75 Å². The number of nitrogens with one attached hydrogen (secondary N) is 3. The second-order valence-electron chi connectivity index (χ2n) is 5.62. The number of amides is 3.